The van der Waals surface area contributed by atoms with Crippen molar-refractivity contribution in [1.29, 1.82) is 0 Å². The van der Waals surface area contributed by atoms with Gasteiger partial charge >= 0.3 is 0 Å². The van der Waals surface area contributed by atoms with Gasteiger partial charge in [-0.25, -0.2) is 8.42 Å². The quantitative estimate of drug-likeness (QED) is 0.389. The van der Waals surface area contributed by atoms with Crippen molar-refractivity contribution in [2.75, 3.05) is 30.8 Å². The standard InChI is InChI=1S/C26H36ClN3O5S/c1-5-17-28-26(32)24(6-2)29(19-20-9-15-23(35-3)16-10-20)25(31)8-7-18-30(36(4,33)34)22-13-11-21(27)12-14-22/h9-16,24H,5-8,17-19H2,1-4H3,(H,28,32)/t24-/m1/s1. The fourth-order valence-electron chi connectivity index (χ4n) is 3.82. The number of halogens is 1. The number of amides is 2. The van der Waals surface area contributed by atoms with E-state index >= 15 is 0 Å². The van der Waals surface area contributed by atoms with Crippen LogP contribution in [-0.4, -0.2) is 57.6 Å². The summed E-state index contributed by atoms with van der Waals surface area (Å²) in [7, 11) is -1.98. The van der Waals surface area contributed by atoms with Crippen molar-refractivity contribution in [3.8, 4) is 5.75 Å². The van der Waals surface area contributed by atoms with Gasteiger partial charge in [0, 0.05) is 31.1 Å². The van der Waals surface area contributed by atoms with E-state index in [9.17, 15) is 18.0 Å². The predicted octanol–water partition coefficient (Wildman–Crippen LogP) is 4.23. The molecule has 1 N–H and O–H groups in total. The summed E-state index contributed by atoms with van der Waals surface area (Å²) in [6.07, 6.45) is 2.76. The third-order valence-electron chi connectivity index (χ3n) is 5.71. The molecule has 2 aromatic rings. The molecule has 2 amide bonds. The Bertz CT molecular complexity index is 1090. The number of sulfonamides is 1. The van der Waals surface area contributed by atoms with Crippen LogP contribution in [0.5, 0.6) is 5.75 Å². The fraction of sp³-hybridized carbons (Fsp3) is 0.462. The topological polar surface area (TPSA) is 96.0 Å². The molecule has 198 valence electrons. The summed E-state index contributed by atoms with van der Waals surface area (Å²) in [4.78, 5) is 27.9. The first-order valence-corrected chi connectivity index (χ1v) is 14.3. The van der Waals surface area contributed by atoms with Gasteiger partial charge < -0.3 is 15.0 Å². The van der Waals surface area contributed by atoms with Crippen LogP contribution in [-0.2, 0) is 26.2 Å². The minimum absolute atomic E-state index is 0.0906. The number of hydrogen-bond acceptors (Lipinski definition) is 5. The lowest BCUT2D eigenvalue weighted by atomic mass is 10.1. The van der Waals surface area contributed by atoms with Crippen LogP contribution in [0.1, 0.15) is 45.1 Å². The van der Waals surface area contributed by atoms with Crippen molar-refractivity contribution in [2.45, 2.75) is 52.1 Å². The summed E-state index contributed by atoms with van der Waals surface area (Å²) in [5, 5.41) is 3.40. The molecule has 2 aromatic carbocycles. The summed E-state index contributed by atoms with van der Waals surface area (Å²) in [6, 6.07) is 13.2. The van der Waals surface area contributed by atoms with Gasteiger partial charge in [-0.3, -0.25) is 13.9 Å². The number of nitrogens with zero attached hydrogens (tertiary/aromatic N) is 2. The van der Waals surface area contributed by atoms with E-state index in [-0.39, 0.29) is 31.3 Å². The molecule has 36 heavy (non-hydrogen) atoms. The highest BCUT2D eigenvalue weighted by Crippen LogP contribution is 2.22. The third-order valence-corrected chi connectivity index (χ3v) is 7.16. The first-order valence-electron chi connectivity index (χ1n) is 12.0. The maximum absolute atomic E-state index is 13.4. The zero-order chi connectivity index (χ0) is 26.7. The van der Waals surface area contributed by atoms with Crippen LogP contribution < -0.4 is 14.4 Å². The molecule has 8 nitrogen and oxygen atoms in total. The van der Waals surface area contributed by atoms with Crippen LogP contribution in [0.4, 0.5) is 5.69 Å². The number of carbonyl (C=O) groups excluding carboxylic acids is 2. The molecule has 0 aliphatic carbocycles. The van der Waals surface area contributed by atoms with Gasteiger partial charge in [-0.1, -0.05) is 37.6 Å². The molecule has 0 heterocycles. The van der Waals surface area contributed by atoms with Gasteiger partial charge in [0.15, 0.2) is 0 Å². The predicted molar refractivity (Wildman–Crippen MR) is 144 cm³/mol. The zero-order valence-corrected chi connectivity index (χ0v) is 22.9. The largest absolute Gasteiger partial charge is 0.497 e. The fourth-order valence-corrected chi connectivity index (χ4v) is 4.92. The Morgan fingerprint density at radius 3 is 2.22 bits per heavy atom. The lowest BCUT2D eigenvalue weighted by Crippen LogP contribution is -2.49. The molecule has 0 saturated carbocycles. The van der Waals surface area contributed by atoms with E-state index < -0.39 is 16.1 Å². The number of nitrogens with one attached hydrogen (secondary N) is 1. The highest BCUT2D eigenvalue weighted by atomic mass is 35.5. The van der Waals surface area contributed by atoms with E-state index in [4.69, 9.17) is 16.3 Å². The zero-order valence-electron chi connectivity index (χ0n) is 21.4. The SMILES string of the molecule is CCCNC(=O)[C@@H](CC)N(Cc1ccc(OC)cc1)C(=O)CCCN(c1ccc(Cl)cc1)S(C)(=O)=O. The van der Waals surface area contributed by atoms with Crippen molar-refractivity contribution in [2.24, 2.45) is 0 Å². The van der Waals surface area contributed by atoms with E-state index in [1.807, 2.05) is 38.1 Å². The molecule has 0 aliphatic heterocycles. The van der Waals surface area contributed by atoms with Gasteiger partial charge in [-0.05, 0) is 61.2 Å². The van der Waals surface area contributed by atoms with Crippen LogP contribution in [0.3, 0.4) is 0 Å². The summed E-state index contributed by atoms with van der Waals surface area (Å²) in [5.74, 6) is 0.293. The second-order valence-electron chi connectivity index (χ2n) is 8.50. The molecule has 0 fully saturated rings. The Morgan fingerprint density at radius 2 is 1.69 bits per heavy atom. The molecule has 10 heteroatoms. The lowest BCUT2D eigenvalue weighted by molar-refractivity contribution is -0.141. The first kappa shape index (κ1) is 29.5. The highest BCUT2D eigenvalue weighted by Gasteiger charge is 2.28. The molecule has 0 aromatic heterocycles. The molecule has 0 saturated heterocycles. The number of rotatable bonds is 14. The molecule has 2 rings (SSSR count). The minimum atomic E-state index is -3.56. The van der Waals surface area contributed by atoms with Crippen LogP contribution in [0.15, 0.2) is 48.5 Å². The maximum Gasteiger partial charge on any atom is 0.242 e. The Kier molecular flexibility index (Phi) is 11.5. The Hall–Kier alpha value is -2.78. The van der Waals surface area contributed by atoms with E-state index in [1.54, 1.807) is 36.3 Å². The summed E-state index contributed by atoms with van der Waals surface area (Å²) >= 11 is 5.94. The third kappa shape index (κ3) is 8.71. The molecule has 0 bridgehead atoms. The molecule has 0 unspecified atom stereocenters. The van der Waals surface area contributed by atoms with Gasteiger partial charge in [-0.2, -0.15) is 0 Å². The van der Waals surface area contributed by atoms with E-state index in [0.29, 0.717) is 35.8 Å². The van der Waals surface area contributed by atoms with E-state index in [1.165, 1.54) is 4.31 Å². The van der Waals surface area contributed by atoms with Gasteiger partial charge in [0.25, 0.3) is 0 Å². The second kappa shape index (κ2) is 14.1. The normalized spacial score (nSPS) is 12.0. The molecule has 1 atom stereocenters. The summed E-state index contributed by atoms with van der Waals surface area (Å²) in [5.41, 5.74) is 1.35. The number of ether oxygens (including phenoxy) is 1. The van der Waals surface area contributed by atoms with Gasteiger partial charge in [0.1, 0.15) is 11.8 Å². The molecule has 0 spiro atoms. The van der Waals surface area contributed by atoms with E-state index in [0.717, 1.165) is 18.2 Å². The Morgan fingerprint density at radius 1 is 1.06 bits per heavy atom. The van der Waals surface area contributed by atoms with Gasteiger partial charge in [0.05, 0.1) is 19.1 Å². The second-order valence-corrected chi connectivity index (χ2v) is 10.8. The average Bonchev–Trinajstić information content (AvgIpc) is 2.85. The summed E-state index contributed by atoms with van der Waals surface area (Å²) in [6.45, 7) is 4.76. The number of anilines is 1. The van der Waals surface area contributed by atoms with Crippen molar-refractivity contribution >= 4 is 39.1 Å². The van der Waals surface area contributed by atoms with Crippen molar-refractivity contribution in [3.63, 3.8) is 0 Å². The summed E-state index contributed by atoms with van der Waals surface area (Å²) < 4.78 is 31.3. The van der Waals surface area contributed by atoms with Crippen molar-refractivity contribution in [1.82, 2.24) is 10.2 Å². The maximum atomic E-state index is 13.4. The number of hydrogen-bond donors (Lipinski definition) is 1. The van der Waals surface area contributed by atoms with Gasteiger partial charge in [0.2, 0.25) is 21.8 Å². The molecular formula is C26H36ClN3O5S. The number of carbonyl (C=O) groups is 2. The minimum Gasteiger partial charge on any atom is -0.497 e. The van der Waals surface area contributed by atoms with E-state index in [2.05, 4.69) is 5.32 Å². The van der Waals surface area contributed by atoms with Crippen molar-refractivity contribution < 1.29 is 22.7 Å². The van der Waals surface area contributed by atoms with Crippen LogP contribution in [0, 0.1) is 0 Å². The van der Waals surface area contributed by atoms with Crippen LogP contribution >= 0.6 is 11.6 Å². The van der Waals surface area contributed by atoms with Crippen LogP contribution in [0.25, 0.3) is 0 Å². The average molecular weight is 538 g/mol. The van der Waals surface area contributed by atoms with Crippen LogP contribution in [0.2, 0.25) is 5.02 Å². The monoisotopic (exact) mass is 537 g/mol. The van der Waals surface area contributed by atoms with Crippen molar-refractivity contribution in [3.05, 3.63) is 59.1 Å². The molecular weight excluding hydrogens is 502 g/mol. The number of methoxy groups -OCH3 is 1. The lowest BCUT2D eigenvalue weighted by Gasteiger charge is -2.31. The highest BCUT2D eigenvalue weighted by molar-refractivity contribution is 7.92. The Balaban J connectivity index is 2.19. The smallest absolute Gasteiger partial charge is 0.242 e. The Labute approximate surface area is 219 Å². The number of benzene rings is 2. The molecule has 0 aliphatic rings. The first-order chi connectivity index (χ1) is 17.1. The van der Waals surface area contributed by atoms with Gasteiger partial charge in [-0.15, -0.1) is 0 Å². The molecule has 0 radical (unpaired) electrons.